The van der Waals surface area contributed by atoms with Crippen LogP contribution in [0.1, 0.15) is 6.92 Å². The highest BCUT2D eigenvalue weighted by atomic mass is 16.7. The second kappa shape index (κ2) is 5.48. The van der Waals surface area contributed by atoms with Gasteiger partial charge in [-0.05, 0) is 10.6 Å². The minimum absolute atomic E-state index is 0.686. The molecule has 0 aliphatic carbocycles. The van der Waals surface area contributed by atoms with Crippen LogP contribution >= 0.6 is 0 Å². The molecule has 10 nitrogen and oxygen atoms in total. The Balaban J connectivity index is 3.14. The van der Waals surface area contributed by atoms with E-state index in [4.69, 9.17) is 25.8 Å². The summed E-state index contributed by atoms with van der Waals surface area (Å²) < 4.78 is 9.71. The molecule has 0 amide bonds. The van der Waals surface area contributed by atoms with Crippen LogP contribution in [-0.4, -0.2) is 58.2 Å². The van der Waals surface area contributed by atoms with E-state index in [0.717, 1.165) is 6.92 Å². The summed E-state index contributed by atoms with van der Waals surface area (Å²) >= 11 is 0. The molecule has 1 rings (SSSR count). The smallest absolute Gasteiger partial charge is 0.311 e. The van der Waals surface area contributed by atoms with Gasteiger partial charge in [0.2, 0.25) is 0 Å². The average Bonchev–Trinajstić information content (AvgIpc) is 2.31. The number of hydrogen-bond donors (Lipinski definition) is 4. The molecule has 0 spiro atoms. The minimum Gasteiger partial charge on any atom is -0.424 e. The third kappa shape index (κ3) is 2.53. The Bertz CT molecular complexity index is 371. The summed E-state index contributed by atoms with van der Waals surface area (Å²) in [6.07, 6.45) is -4.40. The molecule has 0 saturated carbocycles. The number of azide groups is 1. The number of carbonyl (C=O) groups excluding carboxylic acids is 1. The number of aliphatic hydroxyl groups is 3. The predicted molar refractivity (Wildman–Crippen MR) is 55.6 cm³/mol. The highest BCUT2D eigenvalue weighted by Crippen LogP contribution is 2.31. The zero-order chi connectivity index (χ0) is 13.9. The molecule has 1 aliphatic rings. The van der Waals surface area contributed by atoms with Crippen LogP contribution in [-0.2, 0) is 14.3 Å². The van der Waals surface area contributed by atoms with Crippen LogP contribution in [0.5, 0.6) is 0 Å². The number of aliphatic hydroxyl groups excluding tert-OH is 3. The van der Waals surface area contributed by atoms with E-state index in [1.807, 2.05) is 0 Å². The van der Waals surface area contributed by atoms with Crippen molar-refractivity contribution >= 4 is 5.97 Å². The lowest BCUT2D eigenvalue weighted by molar-refractivity contribution is -0.315. The number of esters is 1. The number of rotatable bonds is 3. The van der Waals surface area contributed by atoms with E-state index < -0.39 is 42.8 Å². The normalized spacial score (nSPS) is 39.8. The van der Waals surface area contributed by atoms with Crippen molar-refractivity contribution in [2.75, 3.05) is 6.61 Å². The molecule has 10 heteroatoms. The molecule has 18 heavy (non-hydrogen) atoms. The molecule has 5 atom stereocenters. The number of nitrogens with zero attached hydrogens (tertiary/aromatic N) is 3. The molecule has 1 unspecified atom stereocenters. The Labute approximate surface area is 102 Å². The second-order valence-electron chi connectivity index (χ2n) is 3.76. The van der Waals surface area contributed by atoms with Crippen LogP contribution in [0, 0.1) is 0 Å². The SMILES string of the molecule is CC(=O)OC1(N=[N+]=[N-])O[C@H](CO)[C@H](O)[C@H](O)[C@H]1N. The average molecular weight is 262 g/mol. The van der Waals surface area contributed by atoms with Crippen LogP contribution in [0.3, 0.4) is 0 Å². The molecule has 0 radical (unpaired) electrons. The first-order valence-corrected chi connectivity index (χ1v) is 5.04. The minimum atomic E-state index is -2.30. The van der Waals surface area contributed by atoms with E-state index in [1.165, 1.54) is 0 Å². The standard InChI is InChI=1S/C8H14N4O6/c1-3(14)17-8(11-12-10)7(9)6(16)5(15)4(2-13)18-8/h4-7,13,15-16H,2,9H2,1H3/t4-,5+,6+,7-,8?/m1/s1. The summed E-state index contributed by atoms with van der Waals surface area (Å²) in [5.41, 5.74) is 14.0. The fourth-order valence-corrected chi connectivity index (χ4v) is 1.63. The Morgan fingerprint density at radius 3 is 2.67 bits per heavy atom. The third-order valence-corrected chi connectivity index (χ3v) is 2.49. The fraction of sp³-hybridized carbons (Fsp3) is 0.875. The van der Waals surface area contributed by atoms with Crippen molar-refractivity contribution in [2.24, 2.45) is 10.8 Å². The van der Waals surface area contributed by atoms with Crippen LogP contribution in [0.15, 0.2) is 5.11 Å². The number of nitrogens with two attached hydrogens (primary N) is 1. The lowest BCUT2D eigenvalue weighted by atomic mass is 9.95. The van der Waals surface area contributed by atoms with Gasteiger partial charge in [0.25, 0.3) is 0 Å². The highest BCUT2D eigenvalue weighted by molar-refractivity contribution is 5.66. The molecular weight excluding hydrogens is 248 g/mol. The topological polar surface area (TPSA) is 171 Å². The van der Waals surface area contributed by atoms with Crippen molar-refractivity contribution in [3.05, 3.63) is 10.4 Å². The van der Waals surface area contributed by atoms with E-state index in [1.54, 1.807) is 0 Å². The number of carbonyl (C=O) groups is 1. The lowest BCUT2D eigenvalue weighted by Crippen LogP contribution is -2.68. The number of hydrogen-bond acceptors (Lipinski definition) is 8. The maximum absolute atomic E-state index is 11.0. The zero-order valence-corrected chi connectivity index (χ0v) is 9.50. The van der Waals surface area contributed by atoms with E-state index in [9.17, 15) is 15.0 Å². The second-order valence-corrected chi connectivity index (χ2v) is 3.76. The van der Waals surface area contributed by atoms with Crippen LogP contribution in [0.25, 0.3) is 10.4 Å². The predicted octanol–water partition coefficient (Wildman–Crippen LogP) is -2.05. The molecule has 0 aromatic rings. The van der Waals surface area contributed by atoms with Crippen LogP contribution < -0.4 is 5.73 Å². The molecule has 1 aliphatic heterocycles. The maximum Gasteiger partial charge on any atom is 0.311 e. The summed E-state index contributed by atoms with van der Waals surface area (Å²) in [7, 11) is 0. The summed E-state index contributed by atoms with van der Waals surface area (Å²) in [5.74, 6) is -3.16. The Hall–Kier alpha value is -1.42. The van der Waals surface area contributed by atoms with Gasteiger partial charge < -0.3 is 30.5 Å². The van der Waals surface area contributed by atoms with Gasteiger partial charge in [0.15, 0.2) is 0 Å². The first-order valence-electron chi connectivity index (χ1n) is 5.04. The van der Waals surface area contributed by atoms with E-state index >= 15 is 0 Å². The van der Waals surface area contributed by atoms with Crippen molar-refractivity contribution in [1.82, 2.24) is 0 Å². The summed E-state index contributed by atoms with van der Waals surface area (Å²) in [4.78, 5) is 13.4. The Kier molecular flexibility index (Phi) is 4.46. The monoisotopic (exact) mass is 262 g/mol. The van der Waals surface area contributed by atoms with Gasteiger partial charge in [-0.25, -0.2) is 0 Å². The lowest BCUT2D eigenvalue weighted by Gasteiger charge is -2.45. The maximum atomic E-state index is 11.0. The Morgan fingerprint density at radius 2 is 2.22 bits per heavy atom. The summed E-state index contributed by atoms with van der Waals surface area (Å²) in [6, 6.07) is -1.49. The summed E-state index contributed by atoms with van der Waals surface area (Å²) in [6.45, 7) is 0.338. The van der Waals surface area contributed by atoms with Gasteiger partial charge in [0.1, 0.15) is 24.4 Å². The van der Waals surface area contributed by atoms with Crippen molar-refractivity contribution in [2.45, 2.75) is 37.2 Å². The fourth-order valence-electron chi connectivity index (χ4n) is 1.63. The van der Waals surface area contributed by atoms with Gasteiger partial charge in [0, 0.05) is 11.8 Å². The van der Waals surface area contributed by atoms with Gasteiger partial charge in [-0.15, -0.1) is 0 Å². The molecule has 0 aromatic heterocycles. The van der Waals surface area contributed by atoms with Gasteiger partial charge in [-0.3, -0.25) is 4.79 Å². The molecule has 5 N–H and O–H groups in total. The van der Waals surface area contributed by atoms with Gasteiger partial charge >= 0.3 is 11.9 Å². The van der Waals surface area contributed by atoms with Crippen molar-refractivity contribution in [1.29, 1.82) is 0 Å². The van der Waals surface area contributed by atoms with Crippen molar-refractivity contribution < 1.29 is 29.6 Å². The van der Waals surface area contributed by atoms with E-state index in [2.05, 4.69) is 10.0 Å². The van der Waals surface area contributed by atoms with E-state index in [-0.39, 0.29) is 0 Å². The van der Waals surface area contributed by atoms with Crippen molar-refractivity contribution in [3.8, 4) is 0 Å². The van der Waals surface area contributed by atoms with Crippen LogP contribution in [0.4, 0.5) is 0 Å². The quantitative estimate of drug-likeness (QED) is 0.196. The van der Waals surface area contributed by atoms with E-state index in [0.29, 0.717) is 0 Å². The molecule has 0 aromatic carbocycles. The zero-order valence-electron chi connectivity index (χ0n) is 9.50. The molecular formula is C8H14N4O6. The summed E-state index contributed by atoms with van der Waals surface area (Å²) in [5, 5.41) is 31.3. The molecule has 102 valence electrons. The third-order valence-electron chi connectivity index (χ3n) is 2.49. The molecule has 1 saturated heterocycles. The number of ether oxygens (including phenoxy) is 2. The van der Waals surface area contributed by atoms with Gasteiger partial charge in [0.05, 0.1) is 6.61 Å². The van der Waals surface area contributed by atoms with Crippen LogP contribution in [0.2, 0.25) is 0 Å². The first-order chi connectivity index (χ1) is 8.38. The first kappa shape index (κ1) is 14.6. The highest BCUT2D eigenvalue weighted by Gasteiger charge is 2.54. The molecule has 0 bridgehead atoms. The van der Waals surface area contributed by atoms with Crippen molar-refractivity contribution in [3.63, 3.8) is 0 Å². The van der Waals surface area contributed by atoms with Gasteiger partial charge in [-0.1, -0.05) is 0 Å². The molecule has 1 heterocycles. The Morgan fingerprint density at radius 1 is 1.61 bits per heavy atom. The largest absolute Gasteiger partial charge is 0.424 e. The van der Waals surface area contributed by atoms with Gasteiger partial charge in [-0.2, -0.15) is 0 Å². The molecule has 1 fully saturated rings.